The number of benzene rings is 3. The quantitative estimate of drug-likeness (QED) is 0.270. The summed E-state index contributed by atoms with van der Waals surface area (Å²) >= 11 is 12.5. The second-order valence-electron chi connectivity index (χ2n) is 11.0. The molecule has 0 spiro atoms. The first kappa shape index (κ1) is 33.2. The molecule has 0 bridgehead atoms. The second-order valence-corrected chi connectivity index (χ2v) is 13.7. The Labute approximate surface area is 258 Å². The van der Waals surface area contributed by atoms with Crippen LogP contribution in [-0.2, 0) is 26.2 Å². The molecular weight excluding hydrogens is 597 g/mol. The predicted octanol–water partition coefficient (Wildman–Crippen LogP) is 6.23. The third kappa shape index (κ3) is 8.63. The van der Waals surface area contributed by atoms with Crippen LogP contribution in [0.2, 0.25) is 10.0 Å². The topological polar surface area (TPSA) is 96.0 Å². The second kappa shape index (κ2) is 13.8. The number of methoxy groups -OCH3 is 1. The normalized spacial score (nSPS) is 12.4. The fourth-order valence-electron chi connectivity index (χ4n) is 4.35. The number of halogens is 2. The van der Waals surface area contributed by atoms with Crippen LogP contribution in [0.4, 0.5) is 5.69 Å². The molecule has 0 saturated heterocycles. The third-order valence-corrected chi connectivity index (χ3v) is 8.64. The highest BCUT2D eigenvalue weighted by molar-refractivity contribution is 7.92. The number of aryl methyl sites for hydroxylation is 1. The average Bonchev–Trinajstić information content (AvgIpc) is 2.90. The Morgan fingerprint density at radius 2 is 1.52 bits per heavy atom. The van der Waals surface area contributed by atoms with E-state index >= 15 is 0 Å². The highest BCUT2D eigenvalue weighted by Gasteiger charge is 2.34. The standard InChI is InChI=1S/C31H37Cl2N3O5S/c1-7-28(30(38)34-31(3,4)5)35(19-22-10-12-26(41-6)13-11-22)29(37)20-36(25-17-23(32)16-24(33)18-25)42(39,40)27-14-8-21(2)9-15-27/h8-18,28H,7,19-20H2,1-6H3,(H,34,38). The first-order valence-corrected chi connectivity index (χ1v) is 15.6. The zero-order valence-electron chi connectivity index (χ0n) is 24.6. The molecule has 11 heteroatoms. The van der Waals surface area contributed by atoms with Crippen LogP contribution in [0.25, 0.3) is 0 Å². The number of hydrogen-bond donors (Lipinski definition) is 1. The molecule has 0 radical (unpaired) electrons. The molecule has 1 N–H and O–H groups in total. The molecule has 0 heterocycles. The van der Waals surface area contributed by atoms with Gasteiger partial charge in [0, 0.05) is 22.1 Å². The highest BCUT2D eigenvalue weighted by atomic mass is 35.5. The number of nitrogens with zero attached hydrogens (tertiary/aromatic N) is 2. The van der Waals surface area contributed by atoms with Crippen molar-refractivity contribution < 1.29 is 22.7 Å². The lowest BCUT2D eigenvalue weighted by atomic mass is 10.1. The van der Waals surface area contributed by atoms with Crippen LogP contribution in [0.15, 0.2) is 71.6 Å². The van der Waals surface area contributed by atoms with E-state index in [0.717, 1.165) is 15.4 Å². The molecule has 8 nitrogen and oxygen atoms in total. The van der Waals surface area contributed by atoms with Crippen molar-refractivity contribution in [2.24, 2.45) is 0 Å². The van der Waals surface area contributed by atoms with Gasteiger partial charge in [-0.3, -0.25) is 13.9 Å². The van der Waals surface area contributed by atoms with Gasteiger partial charge in [0.1, 0.15) is 18.3 Å². The van der Waals surface area contributed by atoms with Crippen LogP contribution in [0.1, 0.15) is 45.2 Å². The van der Waals surface area contributed by atoms with E-state index in [1.54, 1.807) is 50.4 Å². The van der Waals surface area contributed by atoms with E-state index in [0.29, 0.717) is 12.2 Å². The molecule has 0 aliphatic rings. The first-order valence-electron chi connectivity index (χ1n) is 13.4. The lowest BCUT2D eigenvalue weighted by molar-refractivity contribution is -0.141. The van der Waals surface area contributed by atoms with Crippen molar-refractivity contribution in [1.82, 2.24) is 10.2 Å². The summed E-state index contributed by atoms with van der Waals surface area (Å²) in [5.41, 5.74) is 1.20. The number of hydrogen-bond acceptors (Lipinski definition) is 5. The van der Waals surface area contributed by atoms with Gasteiger partial charge in [-0.05, 0) is 82.1 Å². The van der Waals surface area contributed by atoms with Crippen LogP contribution >= 0.6 is 23.2 Å². The smallest absolute Gasteiger partial charge is 0.264 e. The van der Waals surface area contributed by atoms with Gasteiger partial charge in [-0.2, -0.15) is 0 Å². The highest BCUT2D eigenvalue weighted by Crippen LogP contribution is 2.30. The Kier molecular flexibility index (Phi) is 10.9. The van der Waals surface area contributed by atoms with E-state index in [2.05, 4.69) is 5.32 Å². The average molecular weight is 635 g/mol. The largest absolute Gasteiger partial charge is 0.497 e. The molecule has 42 heavy (non-hydrogen) atoms. The van der Waals surface area contributed by atoms with E-state index < -0.39 is 34.1 Å². The maximum absolute atomic E-state index is 14.2. The summed E-state index contributed by atoms with van der Waals surface area (Å²) in [6.07, 6.45) is 0.303. The maximum Gasteiger partial charge on any atom is 0.264 e. The monoisotopic (exact) mass is 633 g/mol. The van der Waals surface area contributed by atoms with Gasteiger partial charge in [-0.15, -0.1) is 0 Å². The number of sulfonamides is 1. The number of ether oxygens (including phenoxy) is 1. The molecule has 1 unspecified atom stereocenters. The summed E-state index contributed by atoms with van der Waals surface area (Å²) in [4.78, 5) is 29.0. The zero-order valence-corrected chi connectivity index (χ0v) is 27.0. The number of anilines is 1. The first-order chi connectivity index (χ1) is 19.6. The summed E-state index contributed by atoms with van der Waals surface area (Å²) in [6.45, 7) is 8.68. The third-order valence-electron chi connectivity index (χ3n) is 6.42. The molecule has 0 fully saturated rings. The molecule has 3 aromatic carbocycles. The molecule has 0 aliphatic carbocycles. The minimum Gasteiger partial charge on any atom is -0.497 e. The van der Waals surface area contributed by atoms with Crippen molar-refractivity contribution in [3.8, 4) is 5.75 Å². The van der Waals surface area contributed by atoms with Gasteiger partial charge in [0.25, 0.3) is 10.0 Å². The van der Waals surface area contributed by atoms with Crippen LogP contribution in [0, 0.1) is 6.92 Å². The minimum atomic E-state index is -4.24. The Morgan fingerprint density at radius 1 is 0.952 bits per heavy atom. The van der Waals surface area contributed by atoms with E-state index in [9.17, 15) is 18.0 Å². The summed E-state index contributed by atoms with van der Waals surface area (Å²) in [6, 6.07) is 16.9. The van der Waals surface area contributed by atoms with Crippen molar-refractivity contribution in [1.29, 1.82) is 0 Å². The molecule has 0 aromatic heterocycles. The SMILES string of the molecule is CCC(C(=O)NC(C)(C)C)N(Cc1ccc(OC)cc1)C(=O)CN(c1cc(Cl)cc(Cl)c1)S(=O)(=O)c1ccc(C)cc1. The van der Waals surface area contributed by atoms with Gasteiger partial charge in [0.05, 0.1) is 17.7 Å². The van der Waals surface area contributed by atoms with Crippen molar-refractivity contribution in [3.05, 3.63) is 87.9 Å². The number of carbonyl (C=O) groups is 2. The Balaban J connectivity index is 2.10. The van der Waals surface area contributed by atoms with Crippen molar-refractivity contribution >= 4 is 50.7 Å². The van der Waals surface area contributed by atoms with E-state index in [1.807, 2.05) is 27.7 Å². The van der Waals surface area contributed by atoms with Gasteiger partial charge in [-0.25, -0.2) is 8.42 Å². The van der Waals surface area contributed by atoms with E-state index in [4.69, 9.17) is 27.9 Å². The molecule has 3 aromatic rings. The van der Waals surface area contributed by atoms with Crippen molar-refractivity contribution in [2.45, 2.75) is 64.1 Å². The maximum atomic E-state index is 14.2. The van der Waals surface area contributed by atoms with Crippen molar-refractivity contribution in [2.75, 3.05) is 18.0 Å². The van der Waals surface area contributed by atoms with E-state index in [-0.39, 0.29) is 33.1 Å². The molecule has 3 rings (SSSR count). The Hall–Kier alpha value is -3.27. The lowest BCUT2D eigenvalue weighted by Gasteiger charge is -2.35. The predicted molar refractivity (Wildman–Crippen MR) is 168 cm³/mol. The zero-order chi connectivity index (χ0) is 31.2. The molecule has 2 amide bonds. The number of carbonyl (C=O) groups excluding carboxylic acids is 2. The van der Waals surface area contributed by atoms with Gasteiger partial charge >= 0.3 is 0 Å². The van der Waals surface area contributed by atoms with Gasteiger partial charge < -0.3 is 15.0 Å². The number of amides is 2. The molecule has 0 saturated carbocycles. The number of rotatable bonds is 11. The number of nitrogens with one attached hydrogen (secondary N) is 1. The summed E-state index contributed by atoms with van der Waals surface area (Å²) in [7, 11) is -2.69. The van der Waals surface area contributed by atoms with Gasteiger partial charge in [0.2, 0.25) is 11.8 Å². The van der Waals surface area contributed by atoms with E-state index in [1.165, 1.54) is 35.2 Å². The molecular formula is C31H37Cl2N3O5S. The summed E-state index contributed by atoms with van der Waals surface area (Å²) in [5, 5.41) is 3.37. The van der Waals surface area contributed by atoms with Crippen LogP contribution in [0.5, 0.6) is 5.75 Å². The molecule has 226 valence electrons. The van der Waals surface area contributed by atoms with Gasteiger partial charge in [-0.1, -0.05) is 60.0 Å². The minimum absolute atomic E-state index is 0.00350. The van der Waals surface area contributed by atoms with Crippen LogP contribution < -0.4 is 14.4 Å². The Bertz CT molecular complexity index is 1480. The fourth-order valence-corrected chi connectivity index (χ4v) is 6.26. The van der Waals surface area contributed by atoms with Crippen LogP contribution in [-0.4, -0.2) is 50.4 Å². The van der Waals surface area contributed by atoms with Gasteiger partial charge in [0.15, 0.2) is 0 Å². The van der Waals surface area contributed by atoms with Crippen molar-refractivity contribution in [3.63, 3.8) is 0 Å². The fraction of sp³-hybridized carbons (Fsp3) is 0.355. The van der Waals surface area contributed by atoms with Crippen LogP contribution in [0.3, 0.4) is 0 Å². The summed E-state index contributed by atoms with van der Waals surface area (Å²) < 4.78 is 34.2. The Morgan fingerprint density at radius 3 is 2.02 bits per heavy atom. The lowest BCUT2D eigenvalue weighted by Crippen LogP contribution is -2.55. The summed E-state index contributed by atoms with van der Waals surface area (Å²) in [5.74, 6) is -0.276. The molecule has 1 atom stereocenters. The molecule has 0 aliphatic heterocycles.